The molecule has 1 fully saturated rings. The largest absolute Gasteiger partial charge is 0.411 e. The molecule has 7 heteroatoms. The number of hydrogen-bond acceptors (Lipinski definition) is 5. The summed E-state index contributed by atoms with van der Waals surface area (Å²) >= 11 is 1.19. The lowest BCUT2D eigenvalue weighted by molar-refractivity contribution is -0.121. The normalized spacial score (nSPS) is 21.7. The third-order valence-electron chi connectivity index (χ3n) is 4.60. The molecule has 0 radical (unpaired) electrons. The first-order valence-corrected chi connectivity index (χ1v) is 9.48. The first-order chi connectivity index (χ1) is 12.0. The van der Waals surface area contributed by atoms with Crippen LogP contribution in [0.25, 0.3) is 11.5 Å². The lowest BCUT2D eigenvalue weighted by Crippen LogP contribution is -2.44. The van der Waals surface area contributed by atoms with Gasteiger partial charge in [0.2, 0.25) is 5.91 Å². The van der Waals surface area contributed by atoms with Crippen molar-refractivity contribution in [2.45, 2.75) is 56.0 Å². The van der Waals surface area contributed by atoms with Gasteiger partial charge in [0.25, 0.3) is 11.1 Å². The highest BCUT2D eigenvalue weighted by Gasteiger charge is 2.26. The Morgan fingerprint density at radius 1 is 1.32 bits per heavy atom. The fraction of sp³-hybridized carbons (Fsp3) is 0.500. The van der Waals surface area contributed by atoms with Gasteiger partial charge in [0.05, 0.1) is 10.8 Å². The maximum atomic E-state index is 13.8. The fourth-order valence-electron chi connectivity index (χ4n) is 3.04. The Balaban J connectivity index is 1.60. The predicted molar refractivity (Wildman–Crippen MR) is 94.6 cm³/mol. The second-order valence-electron chi connectivity index (χ2n) is 6.49. The van der Waals surface area contributed by atoms with Gasteiger partial charge in [-0.1, -0.05) is 43.7 Å². The third kappa shape index (κ3) is 4.39. The summed E-state index contributed by atoms with van der Waals surface area (Å²) in [6.45, 7) is 3.99. The van der Waals surface area contributed by atoms with Gasteiger partial charge in [0, 0.05) is 6.04 Å². The number of nitrogens with one attached hydrogen (secondary N) is 1. The van der Waals surface area contributed by atoms with Crippen LogP contribution >= 0.6 is 11.8 Å². The summed E-state index contributed by atoms with van der Waals surface area (Å²) < 4.78 is 19.3. The van der Waals surface area contributed by atoms with Crippen LogP contribution in [-0.4, -0.2) is 27.4 Å². The molecule has 1 saturated carbocycles. The van der Waals surface area contributed by atoms with E-state index in [0.717, 1.165) is 19.3 Å². The first kappa shape index (κ1) is 17.9. The third-order valence-corrected chi connectivity index (χ3v) is 5.53. The minimum atomic E-state index is -0.417. The molecule has 1 aromatic carbocycles. The molecular weight excluding hydrogens is 341 g/mol. The van der Waals surface area contributed by atoms with Crippen LogP contribution in [0.15, 0.2) is 33.9 Å². The number of nitrogens with zero attached hydrogens (tertiary/aromatic N) is 2. The van der Waals surface area contributed by atoms with Crippen molar-refractivity contribution in [1.82, 2.24) is 15.5 Å². The van der Waals surface area contributed by atoms with E-state index in [-0.39, 0.29) is 33.9 Å². The molecule has 1 aliphatic rings. The predicted octanol–water partition coefficient (Wildman–Crippen LogP) is 4.05. The van der Waals surface area contributed by atoms with E-state index in [1.54, 1.807) is 25.1 Å². The van der Waals surface area contributed by atoms with E-state index in [0.29, 0.717) is 5.92 Å². The molecule has 5 nitrogen and oxygen atoms in total. The summed E-state index contributed by atoms with van der Waals surface area (Å²) in [7, 11) is 0. The lowest BCUT2D eigenvalue weighted by Gasteiger charge is -2.30. The van der Waals surface area contributed by atoms with Crippen LogP contribution in [-0.2, 0) is 4.79 Å². The van der Waals surface area contributed by atoms with E-state index >= 15 is 0 Å². The highest BCUT2D eigenvalue weighted by Crippen LogP contribution is 2.28. The summed E-state index contributed by atoms with van der Waals surface area (Å²) in [4.78, 5) is 12.4. The smallest absolute Gasteiger partial charge is 0.277 e. The minimum Gasteiger partial charge on any atom is -0.411 e. The molecule has 25 heavy (non-hydrogen) atoms. The molecule has 3 atom stereocenters. The Hall–Kier alpha value is -1.89. The summed E-state index contributed by atoms with van der Waals surface area (Å²) in [6, 6.07) is 6.47. The number of thioether (sulfide) groups is 1. The van der Waals surface area contributed by atoms with Crippen molar-refractivity contribution in [3.8, 4) is 11.5 Å². The second kappa shape index (κ2) is 7.99. The standard InChI is InChI=1S/C18H22FN3O2S/c1-11-7-3-6-10-15(11)20-16(23)12(2)25-18-22-21-17(24-18)13-8-4-5-9-14(13)19/h4-5,8-9,11-12,15H,3,6-7,10H2,1-2H3,(H,20,23)/t11-,12+,15+/m0/s1. The van der Waals surface area contributed by atoms with E-state index < -0.39 is 5.82 Å². The van der Waals surface area contributed by atoms with Crippen molar-refractivity contribution < 1.29 is 13.6 Å². The average Bonchev–Trinajstić information content (AvgIpc) is 3.05. The molecule has 3 rings (SSSR count). The van der Waals surface area contributed by atoms with Crippen molar-refractivity contribution >= 4 is 17.7 Å². The molecule has 1 heterocycles. The van der Waals surface area contributed by atoms with Crippen LogP contribution in [0.4, 0.5) is 4.39 Å². The second-order valence-corrected chi connectivity index (χ2v) is 7.78. The zero-order valence-corrected chi connectivity index (χ0v) is 15.2. The minimum absolute atomic E-state index is 0.0330. The molecule has 0 spiro atoms. The average molecular weight is 363 g/mol. The molecule has 0 aliphatic heterocycles. The maximum Gasteiger partial charge on any atom is 0.277 e. The van der Waals surface area contributed by atoms with Gasteiger partial charge in [-0.15, -0.1) is 10.2 Å². The number of aromatic nitrogens is 2. The highest BCUT2D eigenvalue weighted by molar-refractivity contribution is 8.00. The van der Waals surface area contributed by atoms with E-state index in [1.807, 2.05) is 0 Å². The number of rotatable bonds is 5. The van der Waals surface area contributed by atoms with E-state index in [4.69, 9.17) is 4.42 Å². The number of benzene rings is 1. The molecule has 2 aromatic rings. The Morgan fingerprint density at radius 2 is 2.08 bits per heavy atom. The number of carbonyl (C=O) groups is 1. The SMILES string of the molecule is C[C@@H](Sc1nnc(-c2ccccc2F)o1)C(=O)N[C@@H]1CCCC[C@@H]1C. The summed E-state index contributed by atoms with van der Waals surface area (Å²) in [5.41, 5.74) is 0.259. The fourth-order valence-corrected chi connectivity index (χ4v) is 3.73. The van der Waals surface area contributed by atoms with Gasteiger partial charge < -0.3 is 9.73 Å². The lowest BCUT2D eigenvalue weighted by atomic mass is 9.86. The van der Waals surface area contributed by atoms with Crippen molar-refractivity contribution in [3.05, 3.63) is 30.1 Å². The summed E-state index contributed by atoms with van der Waals surface area (Å²) in [6.07, 6.45) is 4.58. The molecule has 1 aliphatic carbocycles. The van der Waals surface area contributed by atoms with Crippen molar-refractivity contribution in [2.24, 2.45) is 5.92 Å². The van der Waals surface area contributed by atoms with Crippen LogP contribution in [0.2, 0.25) is 0 Å². The van der Waals surface area contributed by atoms with Gasteiger partial charge in [-0.2, -0.15) is 0 Å². The van der Waals surface area contributed by atoms with Gasteiger partial charge in [0.15, 0.2) is 0 Å². The zero-order valence-electron chi connectivity index (χ0n) is 14.4. The molecule has 134 valence electrons. The van der Waals surface area contributed by atoms with Crippen LogP contribution < -0.4 is 5.32 Å². The first-order valence-electron chi connectivity index (χ1n) is 8.60. The molecule has 1 N–H and O–H groups in total. The Labute approximate surface area is 150 Å². The van der Waals surface area contributed by atoms with Gasteiger partial charge in [-0.05, 0) is 37.8 Å². The van der Waals surface area contributed by atoms with Crippen LogP contribution in [0.5, 0.6) is 0 Å². The van der Waals surface area contributed by atoms with Gasteiger partial charge >= 0.3 is 0 Å². The molecule has 0 saturated heterocycles. The summed E-state index contributed by atoms with van der Waals surface area (Å²) in [5, 5.41) is 10.8. The Morgan fingerprint density at radius 3 is 2.84 bits per heavy atom. The maximum absolute atomic E-state index is 13.8. The quantitative estimate of drug-likeness (QED) is 0.812. The Bertz CT molecular complexity index is 737. The molecule has 1 aromatic heterocycles. The van der Waals surface area contributed by atoms with Crippen molar-refractivity contribution in [3.63, 3.8) is 0 Å². The van der Waals surface area contributed by atoms with Crippen LogP contribution in [0.1, 0.15) is 39.5 Å². The van der Waals surface area contributed by atoms with E-state index in [9.17, 15) is 9.18 Å². The molecule has 0 unspecified atom stereocenters. The highest BCUT2D eigenvalue weighted by atomic mass is 32.2. The zero-order chi connectivity index (χ0) is 17.8. The molecule has 0 bridgehead atoms. The van der Waals surface area contributed by atoms with Crippen molar-refractivity contribution in [2.75, 3.05) is 0 Å². The van der Waals surface area contributed by atoms with E-state index in [2.05, 4.69) is 22.4 Å². The van der Waals surface area contributed by atoms with E-state index in [1.165, 1.54) is 24.2 Å². The number of amides is 1. The topological polar surface area (TPSA) is 68.0 Å². The number of halogens is 1. The van der Waals surface area contributed by atoms with Crippen LogP contribution in [0, 0.1) is 11.7 Å². The van der Waals surface area contributed by atoms with Crippen LogP contribution in [0.3, 0.4) is 0 Å². The number of carbonyl (C=O) groups excluding carboxylic acids is 1. The molecular formula is C18H22FN3O2S. The molecule has 1 amide bonds. The number of hydrogen-bond donors (Lipinski definition) is 1. The van der Waals surface area contributed by atoms with Crippen molar-refractivity contribution in [1.29, 1.82) is 0 Å². The summed E-state index contributed by atoms with van der Waals surface area (Å²) in [5.74, 6) is 0.175. The van der Waals surface area contributed by atoms with Gasteiger partial charge in [-0.25, -0.2) is 4.39 Å². The van der Waals surface area contributed by atoms with Gasteiger partial charge in [0.1, 0.15) is 5.82 Å². The monoisotopic (exact) mass is 363 g/mol. The Kier molecular flexibility index (Phi) is 5.73. The van der Waals surface area contributed by atoms with Gasteiger partial charge in [-0.3, -0.25) is 4.79 Å².